The van der Waals surface area contributed by atoms with Gasteiger partial charge in [-0.2, -0.15) is 0 Å². The molecule has 6 nitrogen and oxygen atoms in total. The first-order valence-electron chi connectivity index (χ1n) is 13.8. The van der Waals surface area contributed by atoms with E-state index in [0.717, 1.165) is 50.6 Å². The zero-order valence-corrected chi connectivity index (χ0v) is 23.3. The number of oxazole rings is 1. The number of carbonyl (C=O) groups is 1. The maximum absolute atomic E-state index is 12.5. The Bertz CT molecular complexity index is 1820. The predicted octanol–water partition coefficient (Wildman–Crippen LogP) is 8.58. The number of rotatable bonds is 9. The van der Waals surface area contributed by atoms with E-state index in [4.69, 9.17) is 18.3 Å². The second kappa shape index (κ2) is 11.3. The normalized spacial score (nSPS) is 12.9. The first-order valence-corrected chi connectivity index (χ1v) is 13.8. The van der Waals surface area contributed by atoms with E-state index in [1.807, 2.05) is 84.9 Å². The first-order chi connectivity index (χ1) is 20.0. The summed E-state index contributed by atoms with van der Waals surface area (Å²) in [5, 5.41) is 2.99. The number of carbonyl (C=O) groups excluding carboxylic acids is 1. The van der Waals surface area contributed by atoms with E-state index in [2.05, 4.69) is 24.9 Å². The Labute approximate surface area is 238 Å². The van der Waals surface area contributed by atoms with Crippen LogP contribution in [0.15, 0.2) is 106 Å². The molecule has 0 bridgehead atoms. The number of methoxy groups -OCH3 is 1. The van der Waals surface area contributed by atoms with E-state index in [1.54, 1.807) is 6.20 Å². The lowest BCUT2D eigenvalue weighted by Crippen LogP contribution is -2.30. The lowest BCUT2D eigenvalue weighted by atomic mass is 10.0. The fourth-order valence-corrected chi connectivity index (χ4v) is 5.09. The third-order valence-corrected chi connectivity index (χ3v) is 7.50. The Hall–Kier alpha value is -4.84. The van der Waals surface area contributed by atoms with Gasteiger partial charge in [-0.3, -0.25) is 0 Å². The van der Waals surface area contributed by atoms with Crippen LogP contribution in [-0.2, 0) is 16.0 Å². The van der Waals surface area contributed by atoms with E-state index in [1.165, 1.54) is 7.11 Å². The Morgan fingerprint density at radius 1 is 0.902 bits per heavy atom. The van der Waals surface area contributed by atoms with Gasteiger partial charge in [-0.25, -0.2) is 9.78 Å². The highest BCUT2D eigenvalue weighted by Gasteiger charge is 2.24. The molecule has 2 heterocycles. The van der Waals surface area contributed by atoms with Crippen LogP contribution in [0.3, 0.4) is 0 Å². The minimum atomic E-state index is -0.744. The van der Waals surface area contributed by atoms with Gasteiger partial charge in [-0.15, -0.1) is 0 Å². The maximum Gasteiger partial charge on any atom is 0.347 e. The molecule has 0 saturated heterocycles. The molecule has 0 aliphatic carbocycles. The smallest absolute Gasteiger partial charge is 0.347 e. The molecule has 6 rings (SSSR count). The van der Waals surface area contributed by atoms with Gasteiger partial charge in [0.2, 0.25) is 5.89 Å². The molecule has 0 radical (unpaired) electrons. The highest BCUT2D eigenvalue weighted by molar-refractivity contribution is 5.94. The molecule has 2 atom stereocenters. The minimum absolute atomic E-state index is 0.233. The molecule has 0 N–H and O–H groups in total. The van der Waals surface area contributed by atoms with Crippen molar-refractivity contribution in [1.29, 1.82) is 0 Å². The van der Waals surface area contributed by atoms with Gasteiger partial charge >= 0.3 is 5.97 Å². The summed E-state index contributed by atoms with van der Waals surface area (Å²) in [6.45, 7) is 4.30. The SMILES string of the molecule is CCC(C)c1oc2ccccc2c1-c1ncc(-c2ccc3cc(OC(Cc4ccccc4)C(=O)OC)ccc3c2)o1. The largest absolute Gasteiger partial charge is 0.478 e. The summed E-state index contributed by atoms with van der Waals surface area (Å²) < 4.78 is 23.7. The van der Waals surface area contributed by atoms with Gasteiger partial charge in [-0.1, -0.05) is 80.6 Å². The molecule has 41 heavy (non-hydrogen) atoms. The van der Waals surface area contributed by atoms with Crippen molar-refractivity contribution in [2.45, 2.75) is 38.7 Å². The molecular formula is C35H31NO5. The van der Waals surface area contributed by atoms with E-state index in [-0.39, 0.29) is 5.92 Å². The maximum atomic E-state index is 12.5. The molecule has 0 saturated carbocycles. The molecule has 2 aromatic heterocycles. The second-order valence-corrected chi connectivity index (χ2v) is 10.2. The van der Waals surface area contributed by atoms with Crippen LogP contribution >= 0.6 is 0 Å². The highest BCUT2D eigenvalue weighted by atomic mass is 16.6. The average molecular weight is 546 g/mol. The van der Waals surface area contributed by atoms with Crippen molar-refractivity contribution < 1.29 is 23.1 Å². The number of hydrogen-bond acceptors (Lipinski definition) is 6. The number of benzene rings is 4. The van der Waals surface area contributed by atoms with Crippen LogP contribution in [0, 0.1) is 0 Å². The Morgan fingerprint density at radius 3 is 2.46 bits per heavy atom. The number of nitrogens with zero attached hydrogens (tertiary/aromatic N) is 1. The van der Waals surface area contributed by atoms with Gasteiger partial charge in [0.15, 0.2) is 11.9 Å². The van der Waals surface area contributed by atoms with E-state index >= 15 is 0 Å². The zero-order valence-electron chi connectivity index (χ0n) is 23.3. The molecule has 6 heteroatoms. The Balaban J connectivity index is 1.28. The lowest BCUT2D eigenvalue weighted by molar-refractivity contribution is -0.148. The Morgan fingerprint density at radius 2 is 1.66 bits per heavy atom. The molecule has 2 unspecified atom stereocenters. The van der Waals surface area contributed by atoms with E-state index in [9.17, 15) is 4.79 Å². The van der Waals surface area contributed by atoms with Crippen molar-refractivity contribution in [2.75, 3.05) is 7.11 Å². The summed E-state index contributed by atoms with van der Waals surface area (Å²) in [7, 11) is 1.38. The van der Waals surface area contributed by atoms with Crippen LogP contribution in [0.4, 0.5) is 0 Å². The van der Waals surface area contributed by atoms with Crippen molar-refractivity contribution in [2.24, 2.45) is 0 Å². The molecule has 0 aliphatic rings. The van der Waals surface area contributed by atoms with Crippen LogP contribution in [-0.4, -0.2) is 24.2 Å². The Kier molecular flexibility index (Phi) is 7.30. The second-order valence-electron chi connectivity index (χ2n) is 10.2. The number of ether oxygens (including phenoxy) is 2. The van der Waals surface area contributed by atoms with E-state index in [0.29, 0.717) is 23.8 Å². The molecule has 4 aromatic carbocycles. The standard InChI is InChI=1S/C35H31NO5/c1-4-22(2)33-32(28-12-8-9-13-29(28)40-33)34-36-21-31(41-34)26-15-14-25-20-27(17-16-24(25)19-26)39-30(35(37)38-3)18-23-10-6-5-7-11-23/h5-17,19-22,30H,4,18H2,1-3H3. The monoisotopic (exact) mass is 545 g/mol. The topological polar surface area (TPSA) is 74.7 Å². The zero-order chi connectivity index (χ0) is 28.3. The van der Waals surface area contributed by atoms with Crippen molar-refractivity contribution in [3.8, 4) is 28.5 Å². The summed E-state index contributed by atoms with van der Waals surface area (Å²) in [4.78, 5) is 17.1. The van der Waals surface area contributed by atoms with Crippen molar-refractivity contribution >= 4 is 27.7 Å². The van der Waals surface area contributed by atoms with Gasteiger partial charge in [0.05, 0.1) is 18.9 Å². The fraction of sp³-hybridized carbons (Fsp3) is 0.200. The number of fused-ring (bicyclic) bond motifs is 2. The predicted molar refractivity (Wildman–Crippen MR) is 160 cm³/mol. The fourth-order valence-electron chi connectivity index (χ4n) is 5.09. The van der Waals surface area contributed by atoms with Gasteiger partial charge in [0, 0.05) is 23.3 Å². The number of aromatic nitrogens is 1. The van der Waals surface area contributed by atoms with Crippen LogP contribution in [0.25, 0.3) is 44.5 Å². The van der Waals surface area contributed by atoms with Gasteiger partial charge in [0.25, 0.3) is 0 Å². The average Bonchev–Trinajstić information content (AvgIpc) is 3.65. The summed E-state index contributed by atoms with van der Waals surface area (Å²) in [6.07, 6.45) is 2.39. The minimum Gasteiger partial charge on any atom is -0.478 e. The number of furan rings is 1. The van der Waals surface area contributed by atoms with Crippen LogP contribution in [0.1, 0.15) is 37.5 Å². The quantitative estimate of drug-likeness (QED) is 0.169. The third-order valence-electron chi connectivity index (χ3n) is 7.50. The summed E-state index contributed by atoms with van der Waals surface area (Å²) in [5.74, 6) is 2.55. The highest BCUT2D eigenvalue weighted by Crippen LogP contribution is 2.40. The lowest BCUT2D eigenvalue weighted by Gasteiger charge is -2.17. The number of para-hydroxylation sites is 1. The molecular weight excluding hydrogens is 514 g/mol. The van der Waals surface area contributed by atoms with E-state index < -0.39 is 12.1 Å². The van der Waals surface area contributed by atoms with Crippen molar-refractivity contribution in [3.63, 3.8) is 0 Å². The van der Waals surface area contributed by atoms with Crippen LogP contribution < -0.4 is 4.74 Å². The summed E-state index contributed by atoms with van der Waals surface area (Å²) in [6, 6.07) is 29.6. The van der Waals surface area contributed by atoms with Gasteiger partial charge in [0.1, 0.15) is 17.1 Å². The van der Waals surface area contributed by atoms with Crippen molar-refractivity contribution in [3.05, 3.63) is 109 Å². The number of hydrogen-bond donors (Lipinski definition) is 0. The van der Waals surface area contributed by atoms with Gasteiger partial charge < -0.3 is 18.3 Å². The van der Waals surface area contributed by atoms with Crippen LogP contribution in [0.2, 0.25) is 0 Å². The molecule has 0 fully saturated rings. The molecule has 0 aliphatic heterocycles. The molecule has 0 amide bonds. The molecule has 0 spiro atoms. The molecule has 206 valence electrons. The first kappa shape index (κ1) is 26.4. The molecule has 6 aromatic rings. The summed E-state index contributed by atoms with van der Waals surface area (Å²) >= 11 is 0. The van der Waals surface area contributed by atoms with Crippen LogP contribution in [0.5, 0.6) is 5.75 Å². The number of esters is 1. The van der Waals surface area contributed by atoms with Gasteiger partial charge in [-0.05, 0) is 47.0 Å². The third kappa shape index (κ3) is 5.33. The van der Waals surface area contributed by atoms with Crippen molar-refractivity contribution in [1.82, 2.24) is 4.98 Å². The summed E-state index contributed by atoms with van der Waals surface area (Å²) in [5.41, 5.74) is 3.66.